The molecular weight excluding hydrogens is 259 g/mol. The minimum Gasteiger partial charge on any atom is -0.434 e. The molecule has 108 valence electrons. The standard InChI is InChI=1S/C13H18F3NO2/c1-8(5-6-18)17-9(2)11-4-3-10(14)7-12(11)19-13(15)16/h3-4,7-9,13,17-18H,5-6H2,1-2H3/t8-,9?/m1/s1. The molecule has 0 radical (unpaired) electrons. The Bertz CT molecular complexity index is 401. The van der Waals surface area contributed by atoms with Crippen molar-refractivity contribution in [1.29, 1.82) is 0 Å². The molecule has 2 atom stereocenters. The lowest BCUT2D eigenvalue weighted by Gasteiger charge is -2.22. The highest BCUT2D eigenvalue weighted by molar-refractivity contribution is 5.36. The van der Waals surface area contributed by atoms with Crippen LogP contribution in [0.1, 0.15) is 31.9 Å². The number of rotatable bonds is 7. The maximum Gasteiger partial charge on any atom is 0.387 e. The summed E-state index contributed by atoms with van der Waals surface area (Å²) in [6.45, 7) is 0.663. The fourth-order valence-corrected chi connectivity index (χ4v) is 1.86. The van der Waals surface area contributed by atoms with Gasteiger partial charge in [0.15, 0.2) is 0 Å². The average Bonchev–Trinajstić information content (AvgIpc) is 2.28. The van der Waals surface area contributed by atoms with Gasteiger partial charge in [-0.1, -0.05) is 6.07 Å². The van der Waals surface area contributed by atoms with Gasteiger partial charge in [0.25, 0.3) is 0 Å². The van der Waals surface area contributed by atoms with Gasteiger partial charge in [0.05, 0.1) is 0 Å². The second kappa shape index (κ2) is 7.35. The molecule has 1 aromatic carbocycles. The second-order valence-corrected chi connectivity index (χ2v) is 4.36. The third kappa shape index (κ3) is 5.08. The van der Waals surface area contributed by atoms with Crippen LogP contribution in [0.5, 0.6) is 5.75 Å². The minimum absolute atomic E-state index is 0.00412. The Morgan fingerprint density at radius 2 is 2.00 bits per heavy atom. The van der Waals surface area contributed by atoms with Gasteiger partial charge in [0, 0.05) is 30.3 Å². The molecule has 1 unspecified atom stereocenters. The zero-order chi connectivity index (χ0) is 14.4. The first-order chi connectivity index (χ1) is 8.93. The third-order valence-corrected chi connectivity index (χ3v) is 2.75. The molecule has 0 spiro atoms. The fourth-order valence-electron chi connectivity index (χ4n) is 1.86. The SMILES string of the molecule is CC(N[C@H](C)CCO)c1ccc(F)cc1OC(F)F. The molecule has 0 saturated heterocycles. The first kappa shape index (κ1) is 15.8. The Morgan fingerprint density at radius 3 is 2.58 bits per heavy atom. The lowest BCUT2D eigenvalue weighted by molar-refractivity contribution is -0.0508. The quantitative estimate of drug-likeness (QED) is 0.805. The van der Waals surface area contributed by atoms with Crippen LogP contribution in [-0.4, -0.2) is 24.4 Å². The lowest BCUT2D eigenvalue weighted by atomic mass is 10.1. The van der Waals surface area contributed by atoms with E-state index in [0.29, 0.717) is 12.0 Å². The molecule has 2 N–H and O–H groups in total. The van der Waals surface area contributed by atoms with Gasteiger partial charge in [0.1, 0.15) is 11.6 Å². The van der Waals surface area contributed by atoms with Gasteiger partial charge in [0.2, 0.25) is 0 Å². The van der Waals surface area contributed by atoms with E-state index in [1.807, 2.05) is 6.92 Å². The van der Waals surface area contributed by atoms with Gasteiger partial charge < -0.3 is 15.2 Å². The van der Waals surface area contributed by atoms with E-state index in [-0.39, 0.29) is 24.4 Å². The van der Waals surface area contributed by atoms with Crippen molar-refractivity contribution in [3.8, 4) is 5.75 Å². The highest BCUT2D eigenvalue weighted by atomic mass is 19.3. The molecule has 0 heterocycles. The van der Waals surface area contributed by atoms with Crippen molar-refractivity contribution in [2.45, 2.75) is 39.0 Å². The average molecular weight is 277 g/mol. The van der Waals surface area contributed by atoms with Gasteiger partial charge in [-0.2, -0.15) is 8.78 Å². The molecule has 0 amide bonds. The lowest BCUT2D eigenvalue weighted by Crippen LogP contribution is -2.30. The normalized spacial score (nSPS) is 14.5. The van der Waals surface area contributed by atoms with E-state index in [1.165, 1.54) is 12.1 Å². The summed E-state index contributed by atoms with van der Waals surface area (Å²) in [6.07, 6.45) is 0.538. The van der Waals surface area contributed by atoms with Crippen LogP contribution in [0.15, 0.2) is 18.2 Å². The van der Waals surface area contributed by atoms with E-state index in [0.717, 1.165) is 6.07 Å². The summed E-state index contributed by atoms with van der Waals surface area (Å²) in [5.74, 6) is -0.804. The number of benzene rings is 1. The molecule has 0 fully saturated rings. The summed E-state index contributed by atoms with van der Waals surface area (Å²) in [7, 11) is 0. The van der Waals surface area contributed by atoms with E-state index in [9.17, 15) is 13.2 Å². The Balaban J connectivity index is 2.85. The van der Waals surface area contributed by atoms with E-state index in [4.69, 9.17) is 5.11 Å². The Labute approximate surface area is 110 Å². The number of hydrogen-bond acceptors (Lipinski definition) is 3. The number of ether oxygens (including phenoxy) is 1. The number of halogens is 3. The molecule has 1 aromatic rings. The van der Waals surface area contributed by atoms with Crippen molar-refractivity contribution >= 4 is 0 Å². The topological polar surface area (TPSA) is 41.5 Å². The van der Waals surface area contributed by atoms with E-state index < -0.39 is 12.4 Å². The third-order valence-electron chi connectivity index (χ3n) is 2.75. The first-order valence-corrected chi connectivity index (χ1v) is 6.05. The van der Waals surface area contributed by atoms with E-state index in [2.05, 4.69) is 10.1 Å². The summed E-state index contributed by atoms with van der Waals surface area (Å²) in [6, 6.07) is 3.26. The van der Waals surface area contributed by atoms with Gasteiger partial charge in [-0.15, -0.1) is 0 Å². The molecule has 0 aliphatic carbocycles. The second-order valence-electron chi connectivity index (χ2n) is 4.36. The van der Waals surface area contributed by atoms with Crippen molar-refractivity contribution in [3.63, 3.8) is 0 Å². The van der Waals surface area contributed by atoms with Crippen LogP contribution in [-0.2, 0) is 0 Å². The molecule has 0 aliphatic heterocycles. The Kier molecular flexibility index (Phi) is 6.11. The molecule has 0 aromatic heterocycles. The van der Waals surface area contributed by atoms with Crippen molar-refractivity contribution < 1.29 is 23.0 Å². The number of aliphatic hydroxyl groups is 1. The summed E-state index contributed by atoms with van der Waals surface area (Å²) in [5.41, 5.74) is 0.450. The van der Waals surface area contributed by atoms with Crippen molar-refractivity contribution in [1.82, 2.24) is 5.32 Å². The zero-order valence-electron chi connectivity index (χ0n) is 10.9. The van der Waals surface area contributed by atoms with Crippen LogP contribution < -0.4 is 10.1 Å². The molecule has 6 heteroatoms. The van der Waals surface area contributed by atoms with Crippen molar-refractivity contribution in [2.24, 2.45) is 0 Å². The van der Waals surface area contributed by atoms with Crippen LogP contribution in [0, 0.1) is 5.82 Å². The number of alkyl halides is 2. The molecule has 0 aliphatic rings. The molecule has 3 nitrogen and oxygen atoms in total. The largest absolute Gasteiger partial charge is 0.434 e. The van der Waals surface area contributed by atoms with Crippen LogP contribution in [0.25, 0.3) is 0 Å². The van der Waals surface area contributed by atoms with Crippen LogP contribution in [0.2, 0.25) is 0 Å². The molecular formula is C13H18F3NO2. The Hall–Kier alpha value is -1.27. The number of hydrogen-bond donors (Lipinski definition) is 2. The molecule has 19 heavy (non-hydrogen) atoms. The predicted molar refractivity (Wildman–Crippen MR) is 65.7 cm³/mol. The maximum atomic E-state index is 13.1. The molecule has 1 rings (SSSR count). The monoisotopic (exact) mass is 277 g/mol. The van der Waals surface area contributed by atoms with E-state index in [1.54, 1.807) is 6.92 Å². The van der Waals surface area contributed by atoms with Crippen LogP contribution in [0.3, 0.4) is 0 Å². The molecule has 0 saturated carbocycles. The Morgan fingerprint density at radius 1 is 1.32 bits per heavy atom. The van der Waals surface area contributed by atoms with Gasteiger partial charge >= 0.3 is 6.61 Å². The zero-order valence-corrected chi connectivity index (χ0v) is 10.9. The van der Waals surface area contributed by atoms with Gasteiger partial charge in [-0.25, -0.2) is 4.39 Å². The molecule has 0 bridgehead atoms. The number of aliphatic hydroxyl groups excluding tert-OH is 1. The predicted octanol–water partition coefficient (Wildman–Crippen LogP) is 2.85. The number of nitrogens with one attached hydrogen (secondary N) is 1. The summed E-state index contributed by atoms with van der Waals surface area (Å²) < 4.78 is 42.0. The van der Waals surface area contributed by atoms with Gasteiger partial charge in [-0.3, -0.25) is 0 Å². The van der Waals surface area contributed by atoms with Gasteiger partial charge in [-0.05, 0) is 26.3 Å². The summed E-state index contributed by atoms with van der Waals surface area (Å²) in [5, 5.41) is 11.9. The maximum absolute atomic E-state index is 13.1. The summed E-state index contributed by atoms with van der Waals surface area (Å²) >= 11 is 0. The van der Waals surface area contributed by atoms with Crippen molar-refractivity contribution in [2.75, 3.05) is 6.61 Å². The minimum atomic E-state index is -3.00. The first-order valence-electron chi connectivity index (χ1n) is 6.05. The highest BCUT2D eigenvalue weighted by Gasteiger charge is 2.17. The van der Waals surface area contributed by atoms with Crippen LogP contribution in [0.4, 0.5) is 13.2 Å². The van der Waals surface area contributed by atoms with Crippen molar-refractivity contribution in [3.05, 3.63) is 29.6 Å². The van der Waals surface area contributed by atoms with Crippen LogP contribution >= 0.6 is 0 Å². The smallest absolute Gasteiger partial charge is 0.387 e. The van der Waals surface area contributed by atoms with E-state index >= 15 is 0 Å². The fraction of sp³-hybridized carbons (Fsp3) is 0.538. The summed E-state index contributed by atoms with van der Waals surface area (Å²) in [4.78, 5) is 0. The highest BCUT2D eigenvalue weighted by Crippen LogP contribution is 2.28.